The van der Waals surface area contributed by atoms with E-state index < -0.39 is 0 Å². The molecule has 2 amide bonds. The average molecular weight is 423 g/mol. The number of thioether (sulfide) groups is 1. The van der Waals surface area contributed by atoms with Gasteiger partial charge in [0.15, 0.2) is 0 Å². The molecule has 0 radical (unpaired) electrons. The molecule has 2 aliphatic rings. The molecule has 2 saturated heterocycles. The molecular weight excluding hydrogens is 400 g/mol. The number of rotatable bonds is 7. The van der Waals surface area contributed by atoms with E-state index in [4.69, 9.17) is 23.8 Å². The van der Waals surface area contributed by atoms with Gasteiger partial charge in [-0.2, -0.15) is 0 Å². The van der Waals surface area contributed by atoms with Gasteiger partial charge in [-0.1, -0.05) is 54.1 Å². The fourth-order valence-electron chi connectivity index (χ4n) is 3.25. The van der Waals surface area contributed by atoms with Gasteiger partial charge in [-0.3, -0.25) is 14.5 Å². The molecule has 0 spiro atoms. The van der Waals surface area contributed by atoms with Crippen molar-refractivity contribution < 1.29 is 9.59 Å². The van der Waals surface area contributed by atoms with Crippen LogP contribution in [0.3, 0.4) is 0 Å². The van der Waals surface area contributed by atoms with E-state index >= 15 is 0 Å². The molecule has 7 heteroatoms. The van der Waals surface area contributed by atoms with Gasteiger partial charge < -0.3 is 4.90 Å². The lowest BCUT2D eigenvalue weighted by Crippen LogP contribution is -2.29. The molecule has 144 valence electrons. The van der Waals surface area contributed by atoms with Crippen LogP contribution < -0.4 is 0 Å². The van der Waals surface area contributed by atoms with Gasteiger partial charge in [-0.15, -0.1) is 0 Å². The van der Waals surface area contributed by atoms with Gasteiger partial charge in [0.2, 0.25) is 5.91 Å². The Kier molecular flexibility index (Phi) is 7.33. The minimum Gasteiger partial charge on any atom is -0.343 e. The monoisotopic (exact) mass is 422 g/mol. The summed E-state index contributed by atoms with van der Waals surface area (Å²) in [5.74, 6) is 0.233. The van der Waals surface area contributed by atoms with Crippen LogP contribution in [0.4, 0.5) is 0 Å². The van der Waals surface area contributed by atoms with Crippen LogP contribution >= 0.6 is 35.6 Å². The van der Waals surface area contributed by atoms with Crippen molar-refractivity contribution >= 4 is 57.8 Å². The van der Waals surface area contributed by atoms with Crippen molar-refractivity contribution in [3.63, 3.8) is 0 Å². The van der Waals surface area contributed by atoms with Crippen LogP contribution in [0, 0.1) is 0 Å². The van der Waals surface area contributed by atoms with Crippen LogP contribution in [0.5, 0.6) is 0 Å². The molecule has 0 bridgehead atoms. The molecule has 27 heavy (non-hydrogen) atoms. The molecule has 2 heterocycles. The van der Waals surface area contributed by atoms with Gasteiger partial charge in [0, 0.05) is 31.1 Å². The topological polar surface area (TPSA) is 40.6 Å². The van der Waals surface area contributed by atoms with E-state index in [1.54, 1.807) is 17.0 Å². The van der Waals surface area contributed by atoms with E-state index in [1.807, 2.05) is 23.1 Å². The zero-order valence-electron chi connectivity index (χ0n) is 15.2. The number of hydrogen-bond donors (Lipinski definition) is 0. The van der Waals surface area contributed by atoms with Crippen LogP contribution in [0.15, 0.2) is 29.2 Å². The Morgan fingerprint density at radius 2 is 1.85 bits per heavy atom. The van der Waals surface area contributed by atoms with Gasteiger partial charge in [0.25, 0.3) is 5.91 Å². The fraction of sp³-hybridized carbons (Fsp3) is 0.450. The number of thiocarbonyl (C=S) groups is 1. The summed E-state index contributed by atoms with van der Waals surface area (Å²) >= 11 is 12.6. The maximum atomic E-state index is 12.6. The molecule has 0 saturated carbocycles. The number of amides is 2. The Morgan fingerprint density at radius 3 is 2.56 bits per heavy atom. The van der Waals surface area contributed by atoms with Gasteiger partial charge in [0.1, 0.15) is 4.32 Å². The lowest BCUT2D eigenvalue weighted by atomic mass is 10.1. The molecule has 2 aliphatic heterocycles. The van der Waals surface area contributed by atoms with Crippen molar-refractivity contribution in [2.24, 2.45) is 0 Å². The number of carbonyl (C=O) groups excluding carboxylic acids is 2. The lowest BCUT2D eigenvalue weighted by Gasteiger charge is -2.16. The Bertz CT molecular complexity index is 743. The standard InChI is InChI=1S/C20H23ClN2O2S2/c21-16-9-7-15(8-10-16)14-17-19(25)23(20(26)27-17)13-3-1-2-6-18(24)22-11-4-5-12-22/h7-10,14H,1-6,11-13H2/b17-14-. The Morgan fingerprint density at radius 1 is 1.15 bits per heavy atom. The van der Waals surface area contributed by atoms with E-state index in [1.165, 1.54) is 11.8 Å². The zero-order chi connectivity index (χ0) is 19.2. The molecule has 3 rings (SSSR count). The van der Waals surface area contributed by atoms with Crippen LogP contribution in [-0.2, 0) is 9.59 Å². The first-order valence-electron chi connectivity index (χ1n) is 9.33. The molecule has 4 nitrogen and oxygen atoms in total. The van der Waals surface area contributed by atoms with Gasteiger partial charge >= 0.3 is 0 Å². The molecule has 0 aromatic heterocycles. The first-order chi connectivity index (χ1) is 13.0. The molecule has 1 aromatic carbocycles. The second kappa shape index (κ2) is 9.71. The molecule has 0 unspecified atom stereocenters. The second-order valence-electron chi connectivity index (χ2n) is 6.78. The highest BCUT2D eigenvalue weighted by molar-refractivity contribution is 8.26. The maximum absolute atomic E-state index is 12.6. The summed E-state index contributed by atoms with van der Waals surface area (Å²) in [5, 5.41) is 0.669. The summed E-state index contributed by atoms with van der Waals surface area (Å²) in [5.41, 5.74) is 0.931. The maximum Gasteiger partial charge on any atom is 0.266 e. The third kappa shape index (κ3) is 5.56. The van der Waals surface area contributed by atoms with E-state index in [9.17, 15) is 9.59 Å². The Labute approximate surface area is 174 Å². The lowest BCUT2D eigenvalue weighted by molar-refractivity contribution is -0.130. The van der Waals surface area contributed by atoms with Gasteiger partial charge in [0.05, 0.1) is 4.91 Å². The number of benzene rings is 1. The predicted octanol–water partition coefficient (Wildman–Crippen LogP) is 4.72. The second-order valence-corrected chi connectivity index (χ2v) is 8.90. The zero-order valence-corrected chi connectivity index (χ0v) is 17.5. The van der Waals surface area contributed by atoms with Gasteiger partial charge in [-0.25, -0.2) is 0 Å². The minimum atomic E-state index is -0.0342. The third-order valence-electron chi connectivity index (χ3n) is 4.77. The SMILES string of the molecule is O=C(CCCCCN1C(=O)/C(=C/c2ccc(Cl)cc2)SC1=S)N1CCCC1. The summed E-state index contributed by atoms with van der Waals surface area (Å²) in [6.07, 6.45) is 7.36. The first kappa shape index (κ1) is 20.4. The smallest absolute Gasteiger partial charge is 0.266 e. The fourth-order valence-corrected chi connectivity index (χ4v) is 4.69. The first-order valence-corrected chi connectivity index (χ1v) is 10.9. The van der Waals surface area contributed by atoms with Crippen LogP contribution in [0.1, 0.15) is 44.1 Å². The summed E-state index contributed by atoms with van der Waals surface area (Å²) < 4.78 is 0.605. The van der Waals surface area contributed by atoms with E-state index in [2.05, 4.69) is 0 Å². The normalized spacial score (nSPS) is 18.8. The summed E-state index contributed by atoms with van der Waals surface area (Å²) in [4.78, 5) is 28.9. The summed E-state index contributed by atoms with van der Waals surface area (Å²) in [6, 6.07) is 7.37. The molecule has 0 N–H and O–H groups in total. The van der Waals surface area contributed by atoms with Crippen molar-refractivity contribution in [1.29, 1.82) is 0 Å². The van der Waals surface area contributed by atoms with Crippen molar-refractivity contribution in [1.82, 2.24) is 9.80 Å². The van der Waals surface area contributed by atoms with Crippen molar-refractivity contribution in [3.05, 3.63) is 39.8 Å². The van der Waals surface area contributed by atoms with Gasteiger partial charge in [-0.05, 0) is 49.5 Å². The van der Waals surface area contributed by atoms with E-state index in [0.29, 0.717) is 27.2 Å². The number of hydrogen-bond acceptors (Lipinski definition) is 4. The number of carbonyl (C=O) groups is 2. The molecule has 0 atom stereocenters. The van der Waals surface area contributed by atoms with Crippen LogP contribution in [0.25, 0.3) is 6.08 Å². The number of halogens is 1. The summed E-state index contributed by atoms with van der Waals surface area (Å²) in [7, 11) is 0. The number of nitrogens with zero attached hydrogens (tertiary/aromatic N) is 2. The Hall–Kier alpha value is -1.37. The quantitative estimate of drug-likeness (QED) is 0.362. The summed E-state index contributed by atoms with van der Waals surface area (Å²) in [6.45, 7) is 2.44. The minimum absolute atomic E-state index is 0.0342. The van der Waals surface area contributed by atoms with Crippen LogP contribution in [-0.4, -0.2) is 45.6 Å². The van der Waals surface area contributed by atoms with Crippen molar-refractivity contribution in [2.75, 3.05) is 19.6 Å². The average Bonchev–Trinajstić information content (AvgIpc) is 3.27. The third-order valence-corrected chi connectivity index (χ3v) is 6.40. The highest BCUT2D eigenvalue weighted by atomic mass is 35.5. The highest BCUT2D eigenvalue weighted by Crippen LogP contribution is 2.33. The molecule has 1 aromatic rings. The van der Waals surface area contributed by atoms with E-state index in [-0.39, 0.29) is 11.8 Å². The van der Waals surface area contributed by atoms with Crippen molar-refractivity contribution in [2.45, 2.75) is 38.5 Å². The van der Waals surface area contributed by atoms with Crippen LogP contribution in [0.2, 0.25) is 5.02 Å². The predicted molar refractivity (Wildman–Crippen MR) is 116 cm³/mol. The van der Waals surface area contributed by atoms with Crippen molar-refractivity contribution in [3.8, 4) is 0 Å². The van der Waals surface area contributed by atoms with E-state index in [0.717, 1.165) is 50.8 Å². The largest absolute Gasteiger partial charge is 0.343 e. The molecule has 0 aliphatic carbocycles. The molecular formula is C20H23ClN2O2S2. The Balaban J connectivity index is 1.43. The number of unbranched alkanes of at least 4 members (excludes halogenated alkanes) is 2. The highest BCUT2D eigenvalue weighted by Gasteiger charge is 2.31. The molecule has 2 fully saturated rings. The number of likely N-dealkylation sites (tertiary alicyclic amines) is 1.